The molecule has 0 bridgehead atoms. The van der Waals surface area contributed by atoms with E-state index in [2.05, 4.69) is 10.3 Å². The van der Waals surface area contributed by atoms with Crippen LogP contribution in [0.1, 0.15) is 12.5 Å². The van der Waals surface area contributed by atoms with E-state index < -0.39 is 0 Å². The van der Waals surface area contributed by atoms with Crippen LogP contribution in [-0.2, 0) is 14.3 Å². The van der Waals surface area contributed by atoms with Crippen LogP contribution in [0, 0.1) is 0 Å². The predicted molar refractivity (Wildman–Crippen MR) is 119 cm³/mol. The summed E-state index contributed by atoms with van der Waals surface area (Å²) in [5, 5.41) is 4.86. The number of aromatic nitrogens is 1. The van der Waals surface area contributed by atoms with Gasteiger partial charge in [-0.25, -0.2) is 9.78 Å². The van der Waals surface area contributed by atoms with Gasteiger partial charge in [-0.2, -0.15) is 0 Å². The first-order valence-electron chi connectivity index (χ1n) is 9.02. The summed E-state index contributed by atoms with van der Waals surface area (Å²) in [5.74, 6) is -0.188. The zero-order chi connectivity index (χ0) is 20.5. The molecule has 3 rings (SSSR count). The molecule has 0 atom stereocenters. The van der Waals surface area contributed by atoms with Crippen molar-refractivity contribution in [1.29, 1.82) is 0 Å². The third-order valence-corrected chi connectivity index (χ3v) is 5.79. The van der Waals surface area contributed by atoms with Gasteiger partial charge in [0.15, 0.2) is 4.34 Å². The molecule has 0 radical (unpaired) electrons. The van der Waals surface area contributed by atoms with Crippen LogP contribution in [-0.4, -0.2) is 29.2 Å². The van der Waals surface area contributed by atoms with Gasteiger partial charge in [0.2, 0.25) is 5.91 Å². The Morgan fingerprint density at radius 1 is 1.14 bits per heavy atom. The molecule has 0 fully saturated rings. The van der Waals surface area contributed by atoms with E-state index in [9.17, 15) is 9.59 Å². The topological polar surface area (TPSA) is 68.3 Å². The number of hydrogen-bond donors (Lipinski definition) is 1. The molecule has 29 heavy (non-hydrogen) atoms. The average Bonchev–Trinajstić information content (AvgIpc) is 3.22. The first-order chi connectivity index (χ1) is 14.1. The molecule has 3 aromatic rings. The third-order valence-electron chi connectivity index (χ3n) is 3.77. The van der Waals surface area contributed by atoms with Crippen molar-refractivity contribution in [3.63, 3.8) is 0 Å². The minimum atomic E-state index is -0.375. The van der Waals surface area contributed by atoms with Crippen LogP contribution < -0.4 is 5.32 Å². The first-order valence-corrected chi connectivity index (χ1v) is 10.9. The lowest BCUT2D eigenvalue weighted by molar-refractivity contribution is -0.137. The Kier molecular flexibility index (Phi) is 7.61. The number of nitrogens with zero attached hydrogens (tertiary/aromatic N) is 1. The van der Waals surface area contributed by atoms with Gasteiger partial charge in [0, 0.05) is 22.7 Å². The number of ether oxygens (including phenoxy) is 1. The van der Waals surface area contributed by atoms with E-state index >= 15 is 0 Å². The molecule has 0 spiro atoms. The monoisotopic (exact) mass is 424 g/mol. The molecule has 1 aromatic heterocycles. The number of anilines is 1. The quantitative estimate of drug-likeness (QED) is 0.309. The zero-order valence-electron chi connectivity index (χ0n) is 15.8. The summed E-state index contributed by atoms with van der Waals surface area (Å²) in [6.07, 6.45) is 3.05. The maximum Gasteiger partial charge on any atom is 0.330 e. The molecule has 148 valence electrons. The summed E-state index contributed by atoms with van der Waals surface area (Å²) in [6.45, 7) is 2.11. The number of thioether (sulfide) groups is 1. The molecular formula is C22H20N2O3S2. The zero-order valence-corrected chi connectivity index (χ0v) is 17.5. The predicted octanol–water partition coefficient (Wildman–Crippen LogP) is 5.12. The summed E-state index contributed by atoms with van der Waals surface area (Å²) in [4.78, 5) is 28.1. The molecular weight excluding hydrogens is 404 g/mol. The van der Waals surface area contributed by atoms with E-state index in [1.54, 1.807) is 25.1 Å². The van der Waals surface area contributed by atoms with E-state index in [1.807, 2.05) is 47.8 Å². The second-order valence-electron chi connectivity index (χ2n) is 5.91. The lowest BCUT2D eigenvalue weighted by atomic mass is 10.2. The maximum atomic E-state index is 12.2. The number of amides is 1. The van der Waals surface area contributed by atoms with Gasteiger partial charge < -0.3 is 10.1 Å². The Labute approximate surface area is 177 Å². The van der Waals surface area contributed by atoms with Crippen LogP contribution in [0.3, 0.4) is 0 Å². The van der Waals surface area contributed by atoms with Crippen molar-refractivity contribution >= 4 is 46.7 Å². The smallest absolute Gasteiger partial charge is 0.330 e. The second kappa shape index (κ2) is 10.6. The standard InChI is InChI=1S/C22H20N2O3S2/c1-2-27-21(26)13-10-16-8-11-18(12-9-16)23-20(25)15-29-22-24-19(14-28-22)17-6-4-3-5-7-17/h3-14H,2,15H2,1H3,(H,23,25)/b13-10+. The first kappa shape index (κ1) is 20.8. The molecule has 1 N–H and O–H groups in total. The summed E-state index contributed by atoms with van der Waals surface area (Å²) >= 11 is 2.95. The largest absolute Gasteiger partial charge is 0.463 e. The lowest BCUT2D eigenvalue weighted by Crippen LogP contribution is -2.13. The number of esters is 1. The molecule has 5 nitrogen and oxygen atoms in total. The molecule has 0 unspecified atom stereocenters. The number of carbonyl (C=O) groups excluding carboxylic acids is 2. The Morgan fingerprint density at radius 2 is 1.90 bits per heavy atom. The Balaban J connectivity index is 1.48. The van der Waals surface area contributed by atoms with Crippen molar-refractivity contribution in [3.8, 4) is 11.3 Å². The fourth-order valence-corrected chi connectivity index (χ4v) is 4.06. The number of rotatable bonds is 8. The lowest BCUT2D eigenvalue weighted by Gasteiger charge is -2.04. The molecule has 1 heterocycles. The van der Waals surface area contributed by atoms with Gasteiger partial charge in [-0.15, -0.1) is 11.3 Å². The Bertz CT molecular complexity index is 983. The highest BCUT2D eigenvalue weighted by molar-refractivity contribution is 8.01. The molecule has 1 amide bonds. The van der Waals surface area contributed by atoms with Crippen LogP contribution in [0.15, 0.2) is 70.4 Å². The minimum Gasteiger partial charge on any atom is -0.463 e. The van der Waals surface area contributed by atoms with Gasteiger partial charge in [-0.3, -0.25) is 4.79 Å². The average molecular weight is 425 g/mol. The molecule has 0 saturated carbocycles. The molecule has 0 aliphatic rings. The van der Waals surface area contributed by atoms with Crippen molar-refractivity contribution in [2.45, 2.75) is 11.3 Å². The van der Waals surface area contributed by atoms with Crippen LogP contribution in [0.5, 0.6) is 0 Å². The van der Waals surface area contributed by atoms with Crippen molar-refractivity contribution in [1.82, 2.24) is 4.98 Å². The van der Waals surface area contributed by atoms with E-state index in [1.165, 1.54) is 29.2 Å². The van der Waals surface area contributed by atoms with E-state index in [0.717, 1.165) is 21.2 Å². The van der Waals surface area contributed by atoms with Crippen LogP contribution in [0.4, 0.5) is 5.69 Å². The number of carbonyl (C=O) groups is 2. The van der Waals surface area contributed by atoms with Crippen LogP contribution >= 0.6 is 23.1 Å². The maximum absolute atomic E-state index is 12.2. The van der Waals surface area contributed by atoms with Gasteiger partial charge in [0.05, 0.1) is 18.1 Å². The SMILES string of the molecule is CCOC(=O)/C=C/c1ccc(NC(=O)CSc2nc(-c3ccccc3)cs2)cc1. The highest BCUT2D eigenvalue weighted by Gasteiger charge is 2.08. The van der Waals surface area contributed by atoms with Crippen molar-refractivity contribution in [2.24, 2.45) is 0 Å². The van der Waals surface area contributed by atoms with Gasteiger partial charge >= 0.3 is 5.97 Å². The Hall–Kier alpha value is -2.90. The molecule has 7 heteroatoms. The third kappa shape index (κ3) is 6.58. The molecule has 0 aliphatic carbocycles. The number of thiazole rings is 1. The highest BCUT2D eigenvalue weighted by atomic mass is 32.2. The van der Waals surface area contributed by atoms with Crippen molar-refractivity contribution in [2.75, 3.05) is 17.7 Å². The summed E-state index contributed by atoms with van der Waals surface area (Å²) in [7, 11) is 0. The summed E-state index contributed by atoms with van der Waals surface area (Å²) in [6, 6.07) is 17.2. The molecule has 0 saturated heterocycles. The molecule has 2 aromatic carbocycles. The van der Waals surface area contributed by atoms with E-state index in [0.29, 0.717) is 12.3 Å². The summed E-state index contributed by atoms with van der Waals surface area (Å²) in [5.41, 5.74) is 3.54. The van der Waals surface area contributed by atoms with Crippen molar-refractivity contribution < 1.29 is 14.3 Å². The fourth-order valence-electron chi connectivity index (χ4n) is 2.42. The minimum absolute atomic E-state index is 0.0960. The van der Waals surface area contributed by atoms with E-state index in [-0.39, 0.29) is 17.6 Å². The van der Waals surface area contributed by atoms with Crippen molar-refractivity contribution in [3.05, 3.63) is 71.6 Å². The van der Waals surface area contributed by atoms with Gasteiger partial charge in [-0.05, 0) is 30.7 Å². The van der Waals surface area contributed by atoms with E-state index in [4.69, 9.17) is 4.74 Å². The second-order valence-corrected chi connectivity index (χ2v) is 7.99. The molecule has 0 aliphatic heterocycles. The summed E-state index contributed by atoms with van der Waals surface area (Å²) < 4.78 is 5.70. The van der Waals surface area contributed by atoms with Gasteiger partial charge in [0.1, 0.15) is 0 Å². The fraction of sp³-hybridized carbons (Fsp3) is 0.136. The number of benzene rings is 2. The number of hydrogen-bond acceptors (Lipinski definition) is 6. The Morgan fingerprint density at radius 3 is 2.62 bits per heavy atom. The van der Waals surface area contributed by atoms with Crippen LogP contribution in [0.25, 0.3) is 17.3 Å². The normalized spacial score (nSPS) is 10.8. The number of nitrogens with one attached hydrogen (secondary N) is 1. The van der Waals surface area contributed by atoms with Gasteiger partial charge in [0.25, 0.3) is 0 Å². The van der Waals surface area contributed by atoms with Gasteiger partial charge in [-0.1, -0.05) is 54.2 Å². The highest BCUT2D eigenvalue weighted by Crippen LogP contribution is 2.28. The van der Waals surface area contributed by atoms with Crippen LogP contribution in [0.2, 0.25) is 0 Å².